The maximum Gasteiger partial charge on any atom is 0.323 e. The number of carbonyl (C=O) groups excluding carboxylic acids is 1. The van der Waals surface area contributed by atoms with Crippen LogP contribution in [-0.2, 0) is 20.0 Å². The van der Waals surface area contributed by atoms with Gasteiger partial charge in [-0.2, -0.15) is 0 Å². The number of carbonyl (C=O) groups is 1. The van der Waals surface area contributed by atoms with Crippen molar-refractivity contribution in [2.24, 2.45) is 11.7 Å². The van der Waals surface area contributed by atoms with Crippen LogP contribution >= 0.6 is 0 Å². The van der Waals surface area contributed by atoms with Gasteiger partial charge >= 0.3 is 5.97 Å². The van der Waals surface area contributed by atoms with Crippen LogP contribution in [0.25, 0.3) is 11.0 Å². The maximum atomic E-state index is 15.4. The number of fused-ring (bicyclic) bond motifs is 1. The summed E-state index contributed by atoms with van der Waals surface area (Å²) in [7, 11) is 0. The number of aromatic nitrogens is 3. The number of nitrogens with two attached hydrogens (primary N) is 2. The highest BCUT2D eigenvalue weighted by Gasteiger charge is 2.65. The fraction of sp³-hybridized carbons (Fsp3) is 0.500. The van der Waals surface area contributed by atoms with E-state index in [1.807, 2.05) is 5.92 Å². The molecule has 0 bridgehead atoms. The third-order valence-electron chi connectivity index (χ3n) is 5.00. The van der Waals surface area contributed by atoms with Gasteiger partial charge in [-0.05, 0) is 11.8 Å². The fourth-order valence-electron chi connectivity index (χ4n) is 3.15. The van der Waals surface area contributed by atoms with Crippen LogP contribution in [0.4, 0.5) is 14.6 Å². The molecule has 162 valence electrons. The standard InChI is InChI=1S/C18H21F2N5O5/c1-4-18(25-5-9(19)10-14(22)23-7-24-15(10)25)13(27)12(26)17(20,30-18)6-29-16(28)11(21)8(2)3/h1,5,7-8,11-13,26-27H,6,21H2,2-3H3,(H2,22,23,24)/t11-,12-,13+,17+,18+/m0/s1. The van der Waals surface area contributed by atoms with E-state index in [0.717, 1.165) is 17.1 Å². The Morgan fingerprint density at radius 2 is 2.13 bits per heavy atom. The highest BCUT2D eigenvalue weighted by molar-refractivity contribution is 5.87. The summed E-state index contributed by atoms with van der Waals surface area (Å²) >= 11 is 0. The quantitative estimate of drug-likeness (QED) is 0.362. The summed E-state index contributed by atoms with van der Waals surface area (Å²) < 4.78 is 40.7. The minimum atomic E-state index is -3.12. The summed E-state index contributed by atoms with van der Waals surface area (Å²) in [5.74, 6) is -3.45. The van der Waals surface area contributed by atoms with Gasteiger partial charge in [0.1, 0.15) is 30.4 Å². The number of aliphatic hydroxyl groups is 2. The molecule has 0 saturated carbocycles. The lowest BCUT2D eigenvalue weighted by Gasteiger charge is -2.29. The van der Waals surface area contributed by atoms with Crippen molar-refractivity contribution >= 4 is 22.8 Å². The molecule has 1 aliphatic heterocycles. The Bertz CT molecular complexity index is 1020. The Labute approximate surface area is 169 Å². The number of nitrogen functional groups attached to an aromatic ring is 1. The van der Waals surface area contributed by atoms with E-state index in [-0.39, 0.29) is 22.8 Å². The number of rotatable bonds is 5. The Morgan fingerprint density at radius 1 is 1.47 bits per heavy atom. The minimum absolute atomic E-state index is 0.202. The Morgan fingerprint density at radius 3 is 2.73 bits per heavy atom. The van der Waals surface area contributed by atoms with Gasteiger partial charge < -0.3 is 26.4 Å². The normalized spacial score (nSPS) is 29.8. The first-order valence-electron chi connectivity index (χ1n) is 8.91. The Balaban J connectivity index is 1.99. The van der Waals surface area contributed by atoms with E-state index in [2.05, 4.69) is 9.97 Å². The number of esters is 1. The summed E-state index contributed by atoms with van der Waals surface area (Å²) in [6.45, 7) is 2.20. The summed E-state index contributed by atoms with van der Waals surface area (Å²) in [5.41, 5.74) is 8.67. The number of hydrogen-bond acceptors (Lipinski definition) is 9. The first kappa shape index (κ1) is 21.8. The topological polar surface area (TPSA) is 159 Å². The van der Waals surface area contributed by atoms with Crippen molar-refractivity contribution in [3.05, 3.63) is 18.3 Å². The van der Waals surface area contributed by atoms with Crippen molar-refractivity contribution in [1.82, 2.24) is 14.5 Å². The van der Waals surface area contributed by atoms with Crippen LogP contribution in [0.1, 0.15) is 13.8 Å². The second-order valence-corrected chi connectivity index (χ2v) is 7.30. The van der Waals surface area contributed by atoms with E-state index in [1.165, 1.54) is 0 Å². The largest absolute Gasteiger partial charge is 0.458 e. The molecule has 2 aromatic rings. The van der Waals surface area contributed by atoms with Gasteiger partial charge in [0.05, 0.1) is 5.39 Å². The van der Waals surface area contributed by atoms with Crippen molar-refractivity contribution in [2.75, 3.05) is 12.3 Å². The monoisotopic (exact) mass is 425 g/mol. The van der Waals surface area contributed by atoms with Crippen molar-refractivity contribution in [3.8, 4) is 12.3 Å². The second kappa shape index (κ2) is 7.44. The molecule has 2 aromatic heterocycles. The molecule has 3 rings (SSSR count). The van der Waals surface area contributed by atoms with Crippen LogP contribution in [0.5, 0.6) is 0 Å². The molecular weight excluding hydrogens is 404 g/mol. The molecule has 1 aliphatic rings. The number of aliphatic hydroxyl groups excluding tert-OH is 2. The molecule has 0 amide bonds. The molecule has 6 N–H and O–H groups in total. The van der Waals surface area contributed by atoms with Crippen molar-refractivity contribution in [3.63, 3.8) is 0 Å². The molecule has 3 heterocycles. The summed E-state index contributed by atoms with van der Waals surface area (Å²) in [6, 6.07) is -1.04. The van der Waals surface area contributed by atoms with Crippen LogP contribution in [0.2, 0.25) is 0 Å². The van der Waals surface area contributed by atoms with Gasteiger partial charge in [-0.3, -0.25) is 14.1 Å². The van der Waals surface area contributed by atoms with Gasteiger partial charge in [-0.25, -0.2) is 18.7 Å². The van der Waals surface area contributed by atoms with E-state index in [9.17, 15) is 19.4 Å². The minimum Gasteiger partial charge on any atom is -0.458 e. The third kappa shape index (κ3) is 3.16. The number of alkyl halides is 1. The predicted octanol–water partition coefficient (Wildman–Crippen LogP) is -0.617. The number of ether oxygens (including phenoxy) is 2. The van der Waals surface area contributed by atoms with Crippen molar-refractivity contribution in [2.45, 2.75) is 43.7 Å². The van der Waals surface area contributed by atoms with Gasteiger partial charge in [-0.15, -0.1) is 6.42 Å². The SMILES string of the molecule is C#C[C@@]1(n2cc(F)c3c(N)ncnc32)O[C@](F)(COC(=O)[C@@H](N)C(C)C)[C@@H](O)[C@H]1O. The van der Waals surface area contributed by atoms with E-state index in [0.29, 0.717) is 0 Å². The number of terminal acetylenes is 1. The molecule has 0 aromatic carbocycles. The molecule has 0 radical (unpaired) electrons. The fourth-order valence-corrected chi connectivity index (χ4v) is 3.15. The van der Waals surface area contributed by atoms with E-state index >= 15 is 4.39 Å². The molecule has 1 fully saturated rings. The highest BCUT2D eigenvalue weighted by atomic mass is 19.2. The molecule has 0 aliphatic carbocycles. The molecule has 30 heavy (non-hydrogen) atoms. The number of hydrogen-bond donors (Lipinski definition) is 4. The lowest BCUT2D eigenvalue weighted by atomic mass is 10.0. The van der Waals surface area contributed by atoms with E-state index in [1.54, 1.807) is 13.8 Å². The van der Waals surface area contributed by atoms with Gasteiger partial charge in [0.15, 0.2) is 18.1 Å². The van der Waals surface area contributed by atoms with Crippen LogP contribution in [0, 0.1) is 24.1 Å². The molecule has 0 unspecified atom stereocenters. The first-order valence-corrected chi connectivity index (χ1v) is 8.91. The zero-order valence-corrected chi connectivity index (χ0v) is 16.1. The summed E-state index contributed by atoms with van der Waals surface area (Å²) in [5, 5.41) is 20.6. The third-order valence-corrected chi connectivity index (χ3v) is 5.00. The van der Waals surface area contributed by atoms with Gasteiger partial charge in [0.25, 0.3) is 5.85 Å². The smallest absolute Gasteiger partial charge is 0.323 e. The molecule has 1 saturated heterocycles. The molecular formula is C18H21F2N5O5. The van der Waals surface area contributed by atoms with Crippen molar-refractivity contribution < 1.29 is 33.3 Å². The summed E-state index contributed by atoms with van der Waals surface area (Å²) in [4.78, 5) is 19.5. The van der Waals surface area contributed by atoms with E-state index in [4.69, 9.17) is 27.4 Å². The zero-order chi connectivity index (χ0) is 22.4. The predicted molar refractivity (Wildman–Crippen MR) is 99.4 cm³/mol. The van der Waals surface area contributed by atoms with Gasteiger partial charge in [0, 0.05) is 6.20 Å². The molecule has 5 atom stereocenters. The average molecular weight is 425 g/mol. The first-order chi connectivity index (χ1) is 14.0. The number of nitrogens with zero attached hydrogens (tertiary/aromatic N) is 3. The highest BCUT2D eigenvalue weighted by Crippen LogP contribution is 2.44. The van der Waals surface area contributed by atoms with Gasteiger partial charge in [-0.1, -0.05) is 13.8 Å². The maximum absolute atomic E-state index is 15.4. The second-order valence-electron chi connectivity index (χ2n) is 7.30. The van der Waals surface area contributed by atoms with Crippen LogP contribution in [0.15, 0.2) is 12.5 Å². The molecule has 12 heteroatoms. The molecule has 0 spiro atoms. The summed E-state index contributed by atoms with van der Waals surface area (Å²) in [6.07, 6.45) is 2.95. The van der Waals surface area contributed by atoms with E-state index < -0.39 is 48.2 Å². The Kier molecular flexibility index (Phi) is 5.42. The Hall–Kier alpha value is -2.85. The van der Waals surface area contributed by atoms with Crippen molar-refractivity contribution in [1.29, 1.82) is 0 Å². The lowest BCUT2D eigenvalue weighted by molar-refractivity contribution is -0.232. The average Bonchev–Trinajstić information content (AvgIpc) is 3.15. The lowest BCUT2D eigenvalue weighted by Crippen LogP contribution is -2.46. The number of halogens is 2. The number of anilines is 1. The zero-order valence-electron chi connectivity index (χ0n) is 16.1. The molecule has 10 nitrogen and oxygen atoms in total. The van der Waals surface area contributed by atoms with Crippen LogP contribution < -0.4 is 11.5 Å². The van der Waals surface area contributed by atoms with Crippen LogP contribution in [0.3, 0.4) is 0 Å². The van der Waals surface area contributed by atoms with Crippen LogP contribution in [-0.4, -0.2) is 61.4 Å². The van der Waals surface area contributed by atoms with Gasteiger partial charge in [0.2, 0.25) is 5.72 Å².